The van der Waals surface area contributed by atoms with Crippen LogP contribution < -0.4 is 4.74 Å². The van der Waals surface area contributed by atoms with Gasteiger partial charge in [0.25, 0.3) is 0 Å². The molecule has 29 heavy (non-hydrogen) atoms. The van der Waals surface area contributed by atoms with E-state index in [1.807, 2.05) is 49.4 Å². The standard InChI is InChI=1S/C23H21N3O2S/c1-16-22(27)26(15-19-11-7-10-17-8-3-5-12-20(17)19)23(29-16)25-24-14-18-9-4-6-13-21(18)28-2/h3-14,16H,15H2,1-2H3. The Balaban J connectivity index is 1.62. The third-order valence-electron chi connectivity index (χ3n) is 4.81. The number of carbonyl (C=O) groups excluding carboxylic acids is 1. The van der Waals surface area contributed by atoms with E-state index in [2.05, 4.69) is 34.5 Å². The third-order valence-corrected chi connectivity index (χ3v) is 5.88. The highest BCUT2D eigenvalue weighted by Gasteiger charge is 2.35. The lowest BCUT2D eigenvalue weighted by Gasteiger charge is -2.17. The third kappa shape index (κ3) is 4.03. The second-order valence-corrected chi connectivity index (χ2v) is 8.00. The SMILES string of the molecule is COc1ccccc1C=NN=C1SC(C)C(=O)N1Cc1cccc2ccccc12. The Morgan fingerprint density at radius 3 is 2.69 bits per heavy atom. The predicted octanol–water partition coefficient (Wildman–Crippen LogP) is 4.70. The minimum atomic E-state index is -0.176. The minimum absolute atomic E-state index is 0.0502. The first kappa shape index (κ1) is 19.2. The van der Waals surface area contributed by atoms with Crippen molar-refractivity contribution in [1.82, 2.24) is 4.90 Å². The maximum absolute atomic E-state index is 12.7. The molecule has 0 bridgehead atoms. The average Bonchev–Trinajstić information content (AvgIpc) is 3.02. The van der Waals surface area contributed by atoms with E-state index in [-0.39, 0.29) is 11.2 Å². The molecule has 1 atom stereocenters. The van der Waals surface area contributed by atoms with E-state index in [4.69, 9.17) is 4.74 Å². The fourth-order valence-corrected chi connectivity index (χ4v) is 4.24. The van der Waals surface area contributed by atoms with Crippen LogP contribution in [0.2, 0.25) is 0 Å². The molecule has 0 radical (unpaired) electrons. The zero-order valence-electron chi connectivity index (χ0n) is 16.3. The quantitative estimate of drug-likeness (QED) is 0.458. The van der Waals surface area contributed by atoms with E-state index in [1.165, 1.54) is 11.8 Å². The normalized spacial score (nSPS) is 18.3. The monoisotopic (exact) mass is 403 g/mol. The number of methoxy groups -OCH3 is 1. The van der Waals surface area contributed by atoms with Gasteiger partial charge in [-0.1, -0.05) is 66.4 Å². The van der Waals surface area contributed by atoms with Crippen molar-refractivity contribution in [2.75, 3.05) is 7.11 Å². The topological polar surface area (TPSA) is 54.3 Å². The molecule has 1 unspecified atom stereocenters. The first-order chi connectivity index (χ1) is 14.2. The highest BCUT2D eigenvalue weighted by atomic mass is 32.2. The van der Waals surface area contributed by atoms with Crippen molar-refractivity contribution < 1.29 is 9.53 Å². The molecule has 1 saturated heterocycles. The van der Waals surface area contributed by atoms with Crippen molar-refractivity contribution in [2.45, 2.75) is 18.7 Å². The molecule has 3 aromatic carbocycles. The van der Waals surface area contributed by atoms with Gasteiger partial charge in [0.2, 0.25) is 5.91 Å². The van der Waals surface area contributed by atoms with Crippen LogP contribution in [0.5, 0.6) is 5.75 Å². The molecule has 1 fully saturated rings. The maximum Gasteiger partial charge on any atom is 0.242 e. The van der Waals surface area contributed by atoms with Crippen LogP contribution in [0, 0.1) is 0 Å². The van der Waals surface area contributed by atoms with Gasteiger partial charge in [-0.05, 0) is 35.4 Å². The first-order valence-corrected chi connectivity index (χ1v) is 10.2. The Bertz CT molecular complexity index is 1100. The number of amidine groups is 1. The number of nitrogens with zero attached hydrogens (tertiary/aromatic N) is 3. The number of amides is 1. The summed E-state index contributed by atoms with van der Waals surface area (Å²) in [5.41, 5.74) is 1.93. The van der Waals surface area contributed by atoms with Crippen molar-refractivity contribution >= 4 is 39.8 Å². The number of thioether (sulfide) groups is 1. The molecule has 146 valence electrons. The van der Waals surface area contributed by atoms with E-state index in [0.29, 0.717) is 11.7 Å². The van der Waals surface area contributed by atoms with Crippen LogP contribution in [0.1, 0.15) is 18.1 Å². The van der Waals surface area contributed by atoms with Gasteiger partial charge in [0, 0.05) is 5.56 Å². The molecule has 4 rings (SSSR count). The van der Waals surface area contributed by atoms with Crippen LogP contribution in [0.15, 0.2) is 76.9 Å². The molecule has 0 aliphatic carbocycles. The molecule has 0 spiro atoms. The van der Waals surface area contributed by atoms with Crippen molar-refractivity contribution in [3.63, 3.8) is 0 Å². The van der Waals surface area contributed by atoms with Gasteiger partial charge in [-0.15, -0.1) is 5.10 Å². The lowest BCUT2D eigenvalue weighted by molar-refractivity contribution is -0.126. The highest BCUT2D eigenvalue weighted by molar-refractivity contribution is 8.15. The van der Waals surface area contributed by atoms with E-state index in [9.17, 15) is 4.79 Å². The molecule has 1 aliphatic rings. The average molecular weight is 404 g/mol. The fraction of sp³-hybridized carbons (Fsp3) is 0.174. The molecular weight excluding hydrogens is 382 g/mol. The van der Waals surface area contributed by atoms with Gasteiger partial charge >= 0.3 is 0 Å². The predicted molar refractivity (Wildman–Crippen MR) is 120 cm³/mol. The largest absolute Gasteiger partial charge is 0.496 e. The number of ether oxygens (including phenoxy) is 1. The number of hydrogen-bond donors (Lipinski definition) is 0. The summed E-state index contributed by atoms with van der Waals surface area (Å²) in [6.45, 7) is 2.37. The molecular formula is C23H21N3O2S. The second kappa shape index (κ2) is 8.49. The van der Waals surface area contributed by atoms with Crippen molar-refractivity contribution in [3.05, 3.63) is 77.9 Å². The van der Waals surface area contributed by atoms with Gasteiger partial charge in [-0.3, -0.25) is 9.69 Å². The summed E-state index contributed by atoms with van der Waals surface area (Å²) < 4.78 is 5.33. The number of carbonyl (C=O) groups is 1. The van der Waals surface area contributed by atoms with Gasteiger partial charge in [-0.25, -0.2) is 0 Å². The van der Waals surface area contributed by atoms with E-state index >= 15 is 0 Å². The fourth-order valence-electron chi connectivity index (χ4n) is 3.32. The summed E-state index contributed by atoms with van der Waals surface area (Å²) in [6, 6.07) is 21.9. The Morgan fingerprint density at radius 1 is 1.07 bits per heavy atom. The number of hydrogen-bond acceptors (Lipinski definition) is 5. The Morgan fingerprint density at radius 2 is 1.83 bits per heavy atom. The Labute approximate surface area is 174 Å². The molecule has 6 heteroatoms. The summed E-state index contributed by atoms with van der Waals surface area (Å²) in [5.74, 6) is 0.779. The molecule has 3 aromatic rings. The van der Waals surface area contributed by atoms with Crippen molar-refractivity contribution in [1.29, 1.82) is 0 Å². The molecule has 0 N–H and O–H groups in total. The summed E-state index contributed by atoms with van der Waals surface area (Å²) in [4.78, 5) is 14.5. The van der Waals surface area contributed by atoms with Crippen LogP contribution in [0.3, 0.4) is 0 Å². The molecule has 1 amide bonds. The zero-order chi connectivity index (χ0) is 20.2. The van der Waals surface area contributed by atoms with E-state index < -0.39 is 0 Å². The lowest BCUT2D eigenvalue weighted by Crippen LogP contribution is -2.30. The molecule has 1 aliphatic heterocycles. The molecule has 1 heterocycles. The number of para-hydroxylation sites is 1. The smallest absolute Gasteiger partial charge is 0.242 e. The number of fused-ring (bicyclic) bond motifs is 1. The van der Waals surface area contributed by atoms with Gasteiger partial charge in [-0.2, -0.15) is 5.10 Å². The summed E-state index contributed by atoms with van der Waals surface area (Å²) >= 11 is 1.43. The summed E-state index contributed by atoms with van der Waals surface area (Å²) in [6.07, 6.45) is 1.65. The summed E-state index contributed by atoms with van der Waals surface area (Å²) in [7, 11) is 1.62. The second-order valence-electron chi connectivity index (χ2n) is 6.69. The van der Waals surface area contributed by atoms with Gasteiger partial charge in [0.1, 0.15) is 5.75 Å². The van der Waals surface area contributed by atoms with Crippen LogP contribution in [-0.2, 0) is 11.3 Å². The van der Waals surface area contributed by atoms with Crippen LogP contribution in [0.4, 0.5) is 0 Å². The van der Waals surface area contributed by atoms with E-state index in [1.54, 1.807) is 18.2 Å². The van der Waals surface area contributed by atoms with E-state index in [0.717, 1.165) is 27.6 Å². The lowest BCUT2D eigenvalue weighted by atomic mass is 10.0. The van der Waals surface area contributed by atoms with Gasteiger partial charge < -0.3 is 4.74 Å². The Hall–Kier alpha value is -3.12. The molecule has 0 saturated carbocycles. The van der Waals surface area contributed by atoms with Crippen LogP contribution >= 0.6 is 11.8 Å². The first-order valence-electron chi connectivity index (χ1n) is 9.36. The number of benzene rings is 3. The zero-order valence-corrected chi connectivity index (χ0v) is 17.1. The van der Waals surface area contributed by atoms with Gasteiger partial charge in [0.05, 0.1) is 25.1 Å². The van der Waals surface area contributed by atoms with Crippen molar-refractivity contribution in [3.8, 4) is 5.75 Å². The number of rotatable bonds is 5. The maximum atomic E-state index is 12.7. The minimum Gasteiger partial charge on any atom is -0.496 e. The highest BCUT2D eigenvalue weighted by Crippen LogP contribution is 2.30. The summed E-state index contributed by atoms with van der Waals surface area (Å²) in [5, 5.41) is 11.3. The molecule has 0 aromatic heterocycles. The van der Waals surface area contributed by atoms with Crippen LogP contribution in [0.25, 0.3) is 10.8 Å². The Kier molecular flexibility index (Phi) is 5.62. The van der Waals surface area contributed by atoms with Gasteiger partial charge in [0.15, 0.2) is 5.17 Å². The van der Waals surface area contributed by atoms with Crippen molar-refractivity contribution in [2.24, 2.45) is 10.2 Å². The molecule has 5 nitrogen and oxygen atoms in total. The van der Waals surface area contributed by atoms with Crippen LogP contribution in [-0.4, -0.2) is 34.5 Å².